The summed E-state index contributed by atoms with van der Waals surface area (Å²) >= 11 is 0. The summed E-state index contributed by atoms with van der Waals surface area (Å²) in [5, 5.41) is 3.21. The van der Waals surface area contributed by atoms with E-state index < -0.39 is 0 Å². The molecule has 1 N–H and O–H groups in total. The van der Waals surface area contributed by atoms with Crippen LogP contribution in [0, 0.1) is 12.3 Å². The second-order valence-corrected chi connectivity index (χ2v) is 2.71. The minimum absolute atomic E-state index is 0.134. The van der Waals surface area contributed by atoms with Gasteiger partial charge in [-0.15, -0.1) is 6.42 Å². The summed E-state index contributed by atoms with van der Waals surface area (Å²) in [6, 6.07) is 2.01. The third kappa shape index (κ3) is 3.22. The van der Waals surface area contributed by atoms with E-state index in [0.717, 1.165) is 12.1 Å². The molecule has 1 heterocycles. The largest absolute Gasteiger partial charge is 0.298 e. The van der Waals surface area contributed by atoms with E-state index in [9.17, 15) is 0 Å². The van der Waals surface area contributed by atoms with Crippen LogP contribution in [0.25, 0.3) is 0 Å². The lowest BCUT2D eigenvalue weighted by Gasteiger charge is -2.09. The van der Waals surface area contributed by atoms with Crippen molar-refractivity contribution in [1.29, 1.82) is 0 Å². The first-order valence-corrected chi connectivity index (χ1v) is 4.31. The van der Waals surface area contributed by atoms with E-state index in [1.165, 1.54) is 6.33 Å². The number of aromatic nitrogens is 2. The maximum Gasteiger partial charge on any atom is 0.115 e. The van der Waals surface area contributed by atoms with Gasteiger partial charge in [0.05, 0.1) is 11.7 Å². The molecule has 68 valence electrons. The molecule has 0 fully saturated rings. The molecule has 0 aliphatic rings. The zero-order valence-electron chi connectivity index (χ0n) is 7.70. The standard InChI is InChI=1S/C10H13N3/c1-3-9(4-2)12-7-10-5-6-11-8-13-10/h1,5-6,8-9,12H,4,7H2,2H3. The van der Waals surface area contributed by atoms with E-state index in [-0.39, 0.29) is 6.04 Å². The fourth-order valence-electron chi connectivity index (χ4n) is 0.972. The van der Waals surface area contributed by atoms with Crippen LogP contribution in [0.3, 0.4) is 0 Å². The fraction of sp³-hybridized carbons (Fsp3) is 0.400. The van der Waals surface area contributed by atoms with Crippen molar-refractivity contribution in [2.24, 2.45) is 0 Å². The van der Waals surface area contributed by atoms with Crippen LogP contribution in [0.2, 0.25) is 0 Å². The average molecular weight is 175 g/mol. The van der Waals surface area contributed by atoms with Crippen molar-refractivity contribution in [3.63, 3.8) is 0 Å². The Bertz CT molecular complexity index is 276. The van der Waals surface area contributed by atoms with Crippen molar-refractivity contribution in [3.8, 4) is 12.3 Å². The lowest BCUT2D eigenvalue weighted by molar-refractivity contribution is 0.585. The first-order chi connectivity index (χ1) is 6.36. The van der Waals surface area contributed by atoms with Crippen molar-refractivity contribution in [3.05, 3.63) is 24.3 Å². The molecule has 1 aromatic heterocycles. The quantitative estimate of drug-likeness (QED) is 0.693. The van der Waals surface area contributed by atoms with E-state index in [2.05, 4.69) is 28.1 Å². The van der Waals surface area contributed by atoms with Crippen molar-refractivity contribution < 1.29 is 0 Å². The smallest absolute Gasteiger partial charge is 0.115 e. The molecule has 0 aromatic carbocycles. The van der Waals surface area contributed by atoms with Gasteiger partial charge in [-0.05, 0) is 12.5 Å². The summed E-state index contributed by atoms with van der Waals surface area (Å²) in [7, 11) is 0. The highest BCUT2D eigenvalue weighted by Gasteiger charge is 2.00. The van der Waals surface area contributed by atoms with Gasteiger partial charge in [0.15, 0.2) is 0 Å². The van der Waals surface area contributed by atoms with Gasteiger partial charge in [-0.2, -0.15) is 0 Å². The predicted octanol–water partition coefficient (Wildman–Crippen LogP) is 0.978. The van der Waals surface area contributed by atoms with Gasteiger partial charge in [-0.25, -0.2) is 9.97 Å². The maximum absolute atomic E-state index is 5.30. The van der Waals surface area contributed by atoms with E-state index >= 15 is 0 Å². The van der Waals surface area contributed by atoms with E-state index in [1.807, 2.05) is 6.07 Å². The Morgan fingerprint density at radius 3 is 3.08 bits per heavy atom. The molecule has 0 spiro atoms. The average Bonchev–Trinajstić information content (AvgIpc) is 2.21. The molecule has 3 nitrogen and oxygen atoms in total. The molecule has 0 bridgehead atoms. The first-order valence-electron chi connectivity index (χ1n) is 4.31. The first kappa shape index (κ1) is 9.69. The lowest BCUT2D eigenvalue weighted by Crippen LogP contribution is -2.26. The van der Waals surface area contributed by atoms with Gasteiger partial charge in [0.25, 0.3) is 0 Å². The highest BCUT2D eigenvalue weighted by molar-refractivity contribution is 5.02. The van der Waals surface area contributed by atoms with Gasteiger partial charge >= 0.3 is 0 Å². The third-order valence-corrected chi connectivity index (χ3v) is 1.78. The SMILES string of the molecule is C#CC(CC)NCc1ccncn1. The molecule has 3 heteroatoms. The third-order valence-electron chi connectivity index (χ3n) is 1.78. The Labute approximate surface area is 78.6 Å². The molecule has 0 aliphatic carbocycles. The van der Waals surface area contributed by atoms with Crippen LogP contribution in [-0.4, -0.2) is 16.0 Å². The number of nitrogens with zero attached hydrogens (tertiary/aromatic N) is 2. The van der Waals surface area contributed by atoms with Crippen LogP contribution in [0.4, 0.5) is 0 Å². The second-order valence-electron chi connectivity index (χ2n) is 2.71. The summed E-state index contributed by atoms with van der Waals surface area (Å²) in [6.45, 7) is 2.75. The normalized spacial score (nSPS) is 12.0. The number of rotatable bonds is 4. The number of nitrogens with one attached hydrogen (secondary N) is 1. The highest BCUT2D eigenvalue weighted by Crippen LogP contribution is 1.93. The van der Waals surface area contributed by atoms with Gasteiger partial charge < -0.3 is 0 Å². The Morgan fingerprint density at radius 1 is 1.69 bits per heavy atom. The van der Waals surface area contributed by atoms with Crippen LogP contribution in [0.15, 0.2) is 18.6 Å². The van der Waals surface area contributed by atoms with Crippen LogP contribution in [0.5, 0.6) is 0 Å². The molecule has 0 aliphatic heterocycles. The molecule has 1 rings (SSSR count). The topological polar surface area (TPSA) is 37.8 Å². The number of hydrogen-bond donors (Lipinski definition) is 1. The van der Waals surface area contributed by atoms with Crippen LogP contribution < -0.4 is 5.32 Å². The Morgan fingerprint density at radius 2 is 2.54 bits per heavy atom. The molecule has 0 saturated heterocycles. The van der Waals surface area contributed by atoms with Crippen molar-refractivity contribution in [1.82, 2.24) is 15.3 Å². The lowest BCUT2D eigenvalue weighted by atomic mass is 10.2. The van der Waals surface area contributed by atoms with Crippen LogP contribution >= 0.6 is 0 Å². The number of hydrogen-bond acceptors (Lipinski definition) is 3. The van der Waals surface area contributed by atoms with Gasteiger partial charge in [-0.3, -0.25) is 5.32 Å². The maximum atomic E-state index is 5.30. The summed E-state index contributed by atoms with van der Waals surface area (Å²) in [5.74, 6) is 2.67. The van der Waals surface area contributed by atoms with Crippen LogP contribution in [0.1, 0.15) is 19.0 Å². The molecular weight excluding hydrogens is 162 g/mol. The Balaban J connectivity index is 2.40. The molecule has 1 aromatic rings. The van der Waals surface area contributed by atoms with Crippen molar-refractivity contribution >= 4 is 0 Å². The Hall–Kier alpha value is -1.40. The van der Waals surface area contributed by atoms with E-state index in [4.69, 9.17) is 6.42 Å². The predicted molar refractivity (Wildman–Crippen MR) is 51.8 cm³/mol. The van der Waals surface area contributed by atoms with Gasteiger partial charge in [-0.1, -0.05) is 12.8 Å². The van der Waals surface area contributed by atoms with Gasteiger partial charge in [0, 0.05) is 12.7 Å². The minimum Gasteiger partial charge on any atom is -0.298 e. The zero-order valence-corrected chi connectivity index (χ0v) is 7.70. The van der Waals surface area contributed by atoms with Gasteiger partial charge in [0.1, 0.15) is 6.33 Å². The summed E-state index contributed by atoms with van der Waals surface area (Å²) in [4.78, 5) is 7.91. The molecule has 0 radical (unpaired) electrons. The molecule has 1 atom stereocenters. The monoisotopic (exact) mass is 175 g/mol. The summed E-state index contributed by atoms with van der Waals surface area (Å²) < 4.78 is 0. The van der Waals surface area contributed by atoms with Crippen molar-refractivity contribution in [2.45, 2.75) is 25.9 Å². The minimum atomic E-state index is 0.134. The molecule has 1 unspecified atom stereocenters. The molecule has 0 amide bonds. The highest BCUT2D eigenvalue weighted by atomic mass is 14.9. The second kappa shape index (κ2) is 5.28. The zero-order chi connectivity index (χ0) is 9.52. The fourth-order valence-corrected chi connectivity index (χ4v) is 0.972. The van der Waals surface area contributed by atoms with Gasteiger partial charge in [0.2, 0.25) is 0 Å². The van der Waals surface area contributed by atoms with E-state index in [1.54, 1.807) is 6.20 Å². The van der Waals surface area contributed by atoms with Crippen molar-refractivity contribution in [2.75, 3.05) is 0 Å². The Kier molecular flexibility index (Phi) is 3.94. The molecular formula is C10H13N3. The van der Waals surface area contributed by atoms with Crippen LogP contribution in [-0.2, 0) is 6.54 Å². The number of terminal acetylenes is 1. The molecule has 13 heavy (non-hydrogen) atoms. The summed E-state index contributed by atoms with van der Waals surface area (Å²) in [5.41, 5.74) is 0.962. The van der Waals surface area contributed by atoms with E-state index in [0.29, 0.717) is 6.54 Å². The molecule has 0 saturated carbocycles. The summed E-state index contributed by atoms with van der Waals surface area (Å²) in [6.07, 6.45) is 9.49.